The largest absolute Gasteiger partial charge is 0.346 e. The zero-order valence-corrected chi connectivity index (χ0v) is 14.6. The number of nitrogens with one attached hydrogen (secondary N) is 1. The predicted octanol–water partition coefficient (Wildman–Crippen LogP) is 4.29. The summed E-state index contributed by atoms with van der Waals surface area (Å²) in [6.07, 6.45) is 5.86. The van der Waals surface area contributed by atoms with Gasteiger partial charge in [-0.25, -0.2) is 4.98 Å². The molecule has 0 aliphatic rings. The van der Waals surface area contributed by atoms with E-state index in [2.05, 4.69) is 49.8 Å². The highest BCUT2D eigenvalue weighted by Crippen LogP contribution is 2.24. The lowest BCUT2D eigenvalue weighted by Gasteiger charge is -2.26. The summed E-state index contributed by atoms with van der Waals surface area (Å²) in [5, 5.41) is 4.67. The Labute approximate surface area is 128 Å². The van der Waals surface area contributed by atoms with Crippen LogP contribution in [0.1, 0.15) is 58.8 Å². The Kier molecular flexibility index (Phi) is 8.15. The number of hydrogen-bond donors (Lipinski definition) is 1. The van der Waals surface area contributed by atoms with Crippen molar-refractivity contribution in [2.45, 2.75) is 66.5 Å². The Morgan fingerprint density at radius 3 is 2.60 bits per heavy atom. The SMILES string of the molecule is CCCCCN(c1ncc(CNCC(C)C)s1)C(C)C. The van der Waals surface area contributed by atoms with Gasteiger partial charge in [-0.15, -0.1) is 11.3 Å². The molecule has 0 aliphatic carbocycles. The quantitative estimate of drug-likeness (QED) is 0.653. The minimum absolute atomic E-state index is 0.523. The molecule has 3 nitrogen and oxygen atoms in total. The Morgan fingerprint density at radius 1 is 1.25 bits per heavy atom. The highest BCUT2D eigenvalue weighted by molar-refractivity contribution is 7.15. The van der Waals surface area contributed by atoms with Crippen molar-refractivity contribution < 1.29 is 0 Å². The molecule has 0 atom stereocenters. The van der Waals surface area contributed by atoms with E-state index in [0.717, 1.165) is 19.6 Å². The fraction of sp³-hybridized carbons (Fsp3) is 0.812. The molecule has 0 spiro atoms. The maximum Gasteiger partial charge on any atom is 0.185 e. The van der Waals surface area contributed by atoms with E-state index in [1.54, 1.807) is 0 Å². The molecular formula is C16H31N3S. The molecule has 20 heavy (non-hydrogen) atoms. The van der Waals surface area contributed by atoms with E-state index >= 15 is 0 Å². The van der Waals surface area contributed by atoms with Gasteiger partial charge in [0.25, 0.3) is 0 Å². The Hall–Kier alpha value is -0.610. The van der Waals surface area contributed by atoms with Gasteiger partial charge in [-0.2, -0.15) is 0 Å². The summed E-state index contributed by atoms with van der Waals surface area (Å²) in [6.45, 7) is 14.4. The molecule has 1 aromatic heterocycles. The summed E-state index contributed by atoms with van der Waals surface area (Å²) in [6, 6.07) is 0.523. The number of unbranched alkanes of at least 4 members (excludes halogenated alkanes) is 2. The number of nitrogens with zero attached hydrogens (tertiary/aromatic N) is 2. The molecule has 0 aromatic carbocycles. The van der Waals surface area contributed by atoms with Crippen LogP contribution in [0.3, 0.4) is 0 Å². The topological polar surface area (TPSA) is 28.2 Å². The monoisotopic (exact) mass is 297 g/mol. The summed E-state index contributed by atoms with van der Waals surface area (Å²) in [5.74, 6) is 0.698. The number of anilines is 1. The third kappa shape index (κ3) is 6.23. The summed E-state index contributed by atoms with van der Waals surface area (Å²) in [7, 11) is 0. The normalized spacial score (nSPS) is 11.6. The van der Waals surface area contributed by atoms with Gasteiger partial charge in [-0.1, -0.05) is 33.6 Å². The second-order valence-electron chi connectivity index (χ2n) is 6.13. The van der Waals surface area contributed by atoms with Gasteiger partial charge >= 0.3 is 0 Å². The third-order valence-corrected chi connectivity index (χ3v) is 4.30. The van der Waals surface area contributed by atoms with Gasteiger partial charge in [0.2, 0.25) is 0 Å². The van der Waals surface area contributed by atoms with Crippen LogP contribution < -0.4 is 10.2 Å². The molecule has 1 rings (SSSR count). The van der Waals surface area contributed by atoms with Crippen LogP contribution in [0.15, 0.2) is 6.20 Å². The van der Waals surface area contributed by atoms with Gasteiger partial charge < -0.3 is 10.2 Å². The molecule has 116 valence electrons. The van der Waals surface area contributed by atoms with E-state index < -0.39 is 0 Å². The molecule has 0 amide bonds. The van der Waals surface area contributed by atoms with Crippen LogP contribution in [-0.2, 0) is 6.54 Å². The lowest BCUT2D eigenvalue weighted by atomic mass is 10.2. The highest BCUT2D eigenvalue weighted by Gasteiger charge is 2.14. The van der Waals surface area contributed by atoms with Gasteiger partial charge in [0, 0.05) is 30.2 Å². The first-order chi connectivity index (χ1) is 9.54. The molecule has 0 fully saturated rings. The predicted molar refractivity (Wildman–Crippen MR) is 90.7 cm³/mol. The van der Waals surface area contributed by atoms with Crippen LogP contribution in [0.4, 0.5) is 5.13 Å². The average Bonchev–Trinajstić information content (AvgIpc) is 2.82. The van der Waals surface area contributed by atoms with Gasteiger partial charge in [-0.3, -0.25) is 0 Å². The second kappa shape index (κ2) is 9.35. The summed E-state index contributed by atoms with van der Waals surface area (Å²) in [4.78, 5) is 8.39. The number of aromatic nitrogens is 1. The van der Waals surface area contributed by atoms with E-state index in [4.69, 9.17) is 0 Å². The maximum absolute atomic E-state index is 4.62. The second-order valence-corrected chi connectivity index (χ2v) is 7.22. The van der Waals surface area contributed by atoms with Crippen molar-refractivity contribution in [2.24, 2.45) is 5.92 Å². The first kappa shape index (κ1) is 17.4. The maximum atomic E-state index is 4.62. The van der Waals surface area contributed by atoms with Crippen molar-refractivity contribution in [2.75, 3.05) is 18.0 Å². The van der Waals surface area contributed by atoms with Crippen molar-refractivity contribution in [3.8, 4) is 0 Å². The molecule has 0 saturated carbocycles. The summed E-state index contributed by atoms with van der Waals surface area (Å²) >= 11 is 1.83. The standard InChI is InChI=1S/C16H31N3S/c1-6-7-8-9-19(14(4)5)16-18-12-15(20-16)11-17-10-13(2)3/h12-14,17H,6-11H2,1-5H3. The molecule has 0 unspecified atom stereocenters. The van der Waals surface area contributed by atoms with Crippen LogP contribution in [0.25, 0.3) is 0 Å². The first-order valence-corrected chi connectivity index (χ1v) is 8.78. The van der Waals surface area contributed by atoms with Crippen molar-refractivity contribution in [1.82, 2.24) is 10.3 Å². The molecule has 1 N–H and O–H groups in total. The third-order valence-electron chi connectivity index (χ3n) is 3.26. The van der Waals surface area contributed by atoms with Gasteiger partial charge in [0.05, 0.1) is 0 Å². The van der Waals surface area contributed by atoms with Crippen LogP contribution >= 0.6 is 11.3 Å². The van der Waals surface area contributed by atoms with Crippen LogP contribution in [0, 0.1) is 5.92 Å². The molecule has 0 aliphatic heterocycles. The first-order valence-electron chi connectivity index (χ1n) is 7.96. The fourth-order valence-electron chi connectivity index (χ4n) is 2.10. The van der Waals surface area contributed by atoms with Gasteiger partial charge in [0.1, 0.15) is 0 Å². The fourth-order valence-corrected chi connectivity index (χ4v) is 3.14. The van der Waals surface area contributed by atoms with E-state index in [-0.39, 0.29) is 0 Å². The molecule has 0 bridgehead atoms. The minimum atomic E-state index is 0.523. The Morgan fingerprint density at radius 2 is 2.00 bits per heavy atom. The molecule has 1 heterocycles. The Bertz CT molecular complexity index is 360. The zero-order chi connectivity index (χ0) is 15.0. The summed E-state index contributed by atoms with van der Waals surface area (Å²) < 4.78 is 0. The smallest absolute Gasteiger partial charge is 0.185 e. The van der Waals surface area contributed by atoms with Crippen molar-refractivity contribution >= 4 is 16.5 Å². The molecule has 0 radical (unpaired) electrons. The van der Waals surface area contributed by atoms with Crippen molar-refractivity contribution in [3.63, 3.8) is 0 Å². The van der Waals surface area contributed by atoms with Gasteiger partial charge in [-0.05, 0) is 32.7 Å². The number of rotatable bonds is 10. The van der Waals surface area contributed by atoms with Crippen molar-refractivity contribution in [1.29, 1.82) is 0 Å². The number of hydrogen-bond acceptors (Lipinski definition) is 4. The molecule has 4 heteroatoms. The molecule has 0 saturated heterocycles. The van der Waals surface area contributed by atoms with E-state index in [1.165, 1.54) is 29.3 Å². The lowest BCUT2D eigenvalue weighted by Crippen LogP contribution is -2.31. The van der Waals surface area contributed by atoms with Gasteiger partial charge in [0.15, 0.2) is 5.13 Å². The minimum Gasteiger partial charge on any atom is -0.346 e. The number of thiazole rings is 1. The summed E-state index contributed by atoms with van der Waals surface area (Å²) in [5.41, 5.74) is 0. The van der Waals surface area contributed by atoms with Crippen LogP contribution in [0.5, 0.6) is 0 Å². The van der Waals surface area contributed by atoms with E-state index in [9.17, 15) is 0 Å². The van der Waals surface area contributed by atoms with Crippen molar-refractivity contribution in [3.05, 3.63) is 11.1 Å². The zero-order valence-electron chi connectivity index (χ0n) is 13.8. The van der Waals surface area contributed by atoms with Crippen LogP contribution in [-0.4, -0.2) is 24.1 Å². The van der Waals surface area contributed by atoms with E-state index in [1.807, 2.05) is 17.5 Å². The Balaban J connectivity index is 2.52. The van der Waals surface area contributed by atoms with Crippen LogP contribution in [0.2, 0.25) is 0 Å². The average molecular weight is 298 g/mol. The highest BCUT2D eigenvalue weighted by atomic mass is 32.1. The molecule has 1 aromatic rings. The molecular weight excluding hydrogens is 266 g/mol. The lowest BCUT2D eigenvalue weighted by molar-refractivity contribution is 0.554. The van der Waals surface area contributed by atoms with E-state index in [0.29, 0.717) is 12.0 Å².